The fourth-order valence-electron chi connectivity index (χ4n) is 3.68. The molecule has 1 saturated heterocycles. The maximum atomic E-state index is 13.0. The molecular weight excluding hydrogens is 399 g/mol. The molecule has 0 radical (unpaired) electrons. The van der Waals surface area contributed by atoms with E-state index in [0.717, 1.165) is 4.52 Å². The molecular formula is C20H20F3N5O2. The number of carbonyl (C=O) groups excluding carboxylic acids is 1. The van der Waals surface area contributed by atoms with Crippen molar-refractivity contribution in [1.29, 1.82) is 0 Å². The van der Waals surface area contributed by atoms with Gasteiger partial charge in [-0.3, -0.25) is 4.79 Å². The van der Waals surface area contributed by atoms with E-state index in [9.17, 15) is 18.0 Å². The van der Waals surface area contributed by atoms with Crippen molar-refractivity contribution in [2.45, 2.75) is 25.9 Å². The minimum atomic E-state index is -4.64. The van der Waals surface area contributed by atoms with E-state index in [2.05, 4.69) is 15.1 Å². The summed E-state index contributed by atoms with van der Waals surface area (Å²) in [6.45, 7) is 2.74. The van der Waals surface area contributed by atoms with Gasteiger partial charge in [0.1, 0.15) is 11.6 Å². The Morgan fingerprint density at radius 2 is 1.80 bits per heavy atom. The van der Waals surface area contributed by atoms with Crippen LogP contribution in [0, 0.1) is 12.8 Å². The van der Waals surface area contributed by atoms with Crippen LogP contribution in [-0.2, 0) is 6.18 Å². The second-order valence-corrected chi connectivity index (χ2v) is 7.25. The van der Waals surface area contributed by atoms with Crippen molar-refractivity contribution in [3.05, 3.63) is 47.4 Å². The quantitative estimate of drug-likeness (QED) is 0.602. The maximum Gasteiger partial charge on any atom is 0.453 e. The predicted molar refractivity (Wildman–Crippen MR) is 103 cm³/mol. The van der Waals surface area contributed by atoms with E-state index in [1.807, 2.05) is 4.90 Å². The van der Waals surface area contributed by atoms with Crippen LogP contribution in [0.3, 0.4) is 0 Å². The average molecular weight is 419 g/mol. The number of aryl methyl sites for hydroxylation is 1. The van der Waals surface area contributed by atoms with Crippen LogP contribution in [0.4, 0.5) is 19.0 Å². The second kappa shape index (κ2) is 7.58. The van der Waals surface area contributed by atoms with Crippen molar-refractivity contribution in [3.8, 4) is 5.75 Å². The summed E-state index contributed by atoms with van der Waals surface area (Å²) in [5, 5.41) is 3.62. The van der Waals surface area contributed by atoms with Crippen molar-refractivity contribution in [2.24, 2.45) is 5.92 Å². The van der Waals surface area contributed by atoms with Crippen LogP contribution < -0.4 is 9.64 Å². The Bertz CT molecular complexity index is 1070. The molecule has 0 spiro atoms. The Morgan fingerprint density at radius 1 is 1.13 bits per heavy atom. The second-order valence-electron chi connectivity index (χ2n) is 7.25. The number of Topliss-reactive ketones (excluding diaryl/α,β-unsaturated/α-hetero) is 1. The minimum absolute atomic E-state index is 0.0634. The highest BCUT2D eigenvalue weighted by molar-refractivity contribution is 5.98. The molecule has 0 bridgehead atoms. The van der Waals surface area contributed by atoms with Gasteiger partial charge in [-0.15, -0.1) is 5.10 Å². The van der Waals surface area contributed by atoms with Gasteiger partial charge in [0.05, 0.1) is 7.11 Å². The minimum Gasteiger partial charge on any atom is -0.497 e. The first-order valence-corrected chi connectivity index (χ1v) is 9.51. The third kappa shape index (κ3) is 3.81. The zero-order valence-electron chi connectivity index (χ0n) is 16.5. The van der Waals surface area contributed by atoms with E-state index in [0.29, 0.717) is 48.8 Å². The standard InChI is InChI=1S/C20H20F3N5O2/c1-12-11-16(28-19(24-12)25-18(26-28)20(21,22)23)27-9-7-14(8-10-27)17(29)13-3-5-15(30-2)6-4-13/h3-6,11,14H,7-10H2,1-2H3. The van der Waals surface area contributed by atoms with Gasteiger partial charge in [-0.2, -0.15) is 22.7 Å². The lowest BCUT2D eigenvalue weighted by atomic mass is 9.89. The Balaban J connectivity index is 1.53. The number of carbonyl (C=O) groups is 1. The highest BCUT2D eigenvalue weighted by Gasteiger charge is 2.37. The molecule has 3 aromatic rings. The van der Waals surface area contributed by atoms with E-state index < -0.39 is 12.0 Å². The van der Waals surface area contributed by atoms with Gasteiger partial charge in [0, 0.05) is 36.3 Å². The number of hydrogen-bond acceptors (Lipinski definition) is 6. The molecule has 3 heterocycles. The highest BCUT2D eigenvalue weighted by atomic mass is 19.4. The lowest BCUT2D eigenvalue weighted by Gasteiger charge is -2.32. The van der Waals surface area contributed by atoms with Gasteiger partial charge in [-0.25, -0.2) is 4.98 Å². The Morgan fingerprint density at radius 3 is 2.40 bits per heavy atom. The molecule has 0 N–H and O–H groups in total. The first kappa shape index (κ1) is 20.1. The van der Waals surface area contributed by atoms with Crippen molar-refractivity contribution in [3.63, 3.8) is 0 Å². The molecule has 30 heavy (non-hydrogen) atoms. The van der Waals surface area contributed by atoms with Crippen molar-refractivity contribution >= 4 is 17.4 Å². The zero-order chi connectivity index (χ0) is 21.5. The number of piperidine rings is 1. The molecule has 0 aliphatic carbocycles. The van der Waals surface area contributed by atoms with Gasteiger partial charge >= 0.3 is 6.18 Å². The molecule has 0 unspecified atom stereocenters. The molecule has 2 aromatic heterocycles. The van der Waals surface area contributed by atoms with Crippen molar-refractivity contribution < 1.29 is 22.7 Å². The molecule has 1 fully saturated rings. The summed E-state index contributed by atoms with van der Waals surface area (Å²) >= 11 is 0. The lowest BCUT2D eigenvalue weighted by molar-refractivity contribution is -0.144. The topological polar surface area (TPSA) is 72.6 Å². The summed E-state index contributed by atoms with van der Waals surface area (Å²) in [5.41, 5.74) is 1.18. The molecule has 1 aromatic carbocycles. The van der Waals surface area contributed by atoms with Gasteiger partial charge in [0.25, 0.3) is 11.6 Å². The van der Waals surface area contributed by atoms with Gasteiger partial charge in [0.15, 0.2) is 5.78 Å². The molecule has 0 saturated carbocycles. The monoisotopic (exact) mass is 419 g/mol. The summed E-state index contributed by atoms with van der Waals surface area (Å²) < 4.78 is 45.3. The van der Waals surface area contributed by atoms with Crippen LogP contribution in [0.5, 0.6) is 5.75 Å². The summed E-state index contributed by atoms with van der Waals surface area (Å²) in [6, 6.07) is 8.69. The molecule has 1 aliphatic rings. The smallest absolute Gasteiger partial charge is 0.453 e. The third-order valence-electron chi connectivity index (χ3n) is 5.24. The van der Waals surface area contributed by atoms with Gasteiger partial charge in [-0.1, -0.05) is 0 Å². The van der Waals surface area contributed by atoms with Crippen LogP contribution in [0.25, 0.3) is 5.78 Å². The van der Waals surface area contributed by atoms with E-state index in [-0.39, 0.29) is 17.5 Å². The van der Waals surface area contributed by atoms with E-state index in [4.69, 9.17) is 4.74 Å². The summed E-state index contributed by atoms with van der Waals surface area (Å²) in [6.07, 6.45) is -3.46. The number of ketones is 1. The average Bonchev–Trinajstić information content (AvgIpc) is 3.17. The van der Waals surface area contributed by atoms with Gasteiger partial charge < -0.3 is 9.64 Å². The van der Waals surface area contributed by atoms with Gasteiger partial charge in [-0.05, 0) is 44.0 Å². The predicted octanol–water partition coefficient (Wildman–Crippen LogP) is 3.56. The Hall–Kier alpha value is -3.17. The fraction of sp³-hybridized carbons (Fsp3) is 0.400. The lowest BCUT2D eigenvalue weighted by Crippen LogP contribution is -2.37. The summed E-state index contributed by atoms with van der Waals surface area (Å²) in [7, 11) is 1.57. The van der Waals surface area contributed by atoms with Crippen LogP contribution in [0.1, 0.15) is 34.7 Å². The van der Waals surface area contributed by atoms with E-state index in [1.54, 1.807) is 44.4 Å². The van der Waals surface area contributed by atoms with Crippen LogP contribution in [0.15, 0.2) is 30.3 Å². The molecule has 158 valence electrons. The Labute approximate surface area is 170 Å². The number of alkyl halides is 3. The van der Waals surface area contributed by atoms with Crippen LogP contribution in [-0.4, -0.2) is 45.6 Å². The number of hydrogen-bond donors (Lipinski definition) is 0. The first-order valence-electron chi connectivity index (χ1n) is 9.51. The highest BCUT2D eigenvalue weighted by Crippen LogP contribution is 2.30. The Kier molecular flexibility index (Phi) is 5.08. The number of benzene rings is 1. The molecule has 7 nitrogen and oxygen atoms in total. The molecule has 1 aliphatic heterocycles. The van der Waals surface area contributed by atoms with E-state index in [1.165, 1.54) is 0 Å². The zero-order valence-corrected chi connectivity index (χ0v) is 16.5. The third-order valence-corrected chi connectivity index (χ3v) is 5.24. The van der Waals surface area contributed by atoms with Crippen LogP contribution in [0.2, 0.25) is 0 Å². The largest absolute Gasteiger partial charge is 0.497 e. The summed E-state index contributed by atoms with van der Waals surface area (Å²) in [5.74, 6) is -0.205. The number of nitrogens with zero attached hydrogens (tertiary/aromatic N) is 5. The van der Waals surface area contributed by atoms with Crippen molar-refractivity contribution in [2.75, 3.05) is 25.1 Å². The SMILES string of the molecule is COc1ccc(C(=O)C2CCN(c3cc(C)nc4nc(C(F)(F)F)nn34)CC2)cc1. The number of aromatic nitrogens is 4. The van der Waals surface area contributed by atoms with E-state index >= 15 is 0 Å². The normalized spacial score (nSPS) is 15.6. The number of methoxy groups -OCH3 is 1. The number of rotatable bonds is 4. The van der Waals surface area contributed by atoms with Crippen LogP contribution >= 0.6 is 0 Å². The molecule has 0 amide bonds. The van der Waals surface area contributed by atoms with Gasteiger partial charge in [0.2, 0.25) is 0 Å². The number of ether oxygens (including phenoxy) is 1. The fourth-order valence-corrected chi connectivity index (χ4v) is 3.68. The first-order chi connectivity index (χ1) is 14.3. The summed E-state index contributed by atoms with van der Waals surface area (Å²) in [4.78, 5) is 22.3. The van der Waals surface area contributed by atoms with Crippen molar-refractivity contribution in [1.82, 2.24) is 19.6 Å². The number of anilines is 1. The maximum absolute atomic E-state index is 13.0. The molecule has 10 heteroatoms. The molecule has 0 atom stereocenters. The molecule has 4 rings (SSSR count). The number of halogens is 3. The number of fused-ring (bicyclic) bond motifs is 1.